The molecule has 1 aliphatic rings. The summed E-state index contributed by atoms with van der Waals surface area (Å²) in [5.74, 6) is -1.99. The van der Waals surface area contributed by atoms with Gasteiger partial charge in [0.05, 0.1) is 11.3 Å². The number of aryl methyl sites for hydroxylation is 1. The molecule has 0 radical (unpaired) electrons. The van der Waals surface area contributed by atoms with E-state index in [0.29, 0.717) is 34.5 Å². The van der Waals surface area contributed by atoms with E-state index in [4.69, 9.17) is 0 Å². The molecule has 2 aromatic heterocycles. The van der Waals surface area contributed by atoms with Crippen LogP contribution < -0.4 is 5.32 Å². The van der Waals surface area contributed by atoms with Gasteiger partial charge in [0.2, 0.25) is 0 Å². The molecule has 0 bridgehead atoms. The summed E-state index contributed by atoms with van der Waals surface area (Å²) in [4.78, 5) is 24.3. The van der Waals surface area contributed by atoms with Gasteiger partial charge in [-0.25, -0.2) is 18.7 Å². The molecule has 1 atom stereocenters. The number of carbonyl (C=O) groups excluding carboxylic acids is 1. The van der Waals surface area contributed by atoms with E-state index in [-0.39, 0.29) is 11.9 Å². The molecule has 4 rings (SSSR count). The quantitative estimate of drug-likeness (QED) is 0.629. The molecule has 7 heteroatoms. The third-order valence-corrected chi connectivity index (χ3v) is 5.65. The molecule has 0 spiro atoms. The SMILES string of the molecule is CC[C@@H]1CCCCN1C(=O)c1cnc2nc(C)ccc2c1Nc1ccc(F)c(F)c1. The first-order chi connectivity index (χ1) is 14.5. The average Bonchev–Trinajstić information content (AvgIpc) is 2.75. The molecule has 5 nitrogen and oxygen atoms in total. The second-order valence-electron chi connectivity index (χ2n) is 7.68. The number of carbonyl (C=O) groups is 1. The number of amides is 1. The van der Waals surface area contributed by atoms with Gasteiger partial charge >= 0.3 is 0 Å². The number of fused-ring (bicyclic) bond motifs is 1. The van der Waals surface area contributed by atoms with E-state index in [1.165, 1.54) is 12.3 Å². The molecule has 1 N–H and O–H groups in total. The van der Waals surface area contributed by atoms with Crippen LogP contribution in [-0.2, 0) is 0 Å². The van der Waals surface area contributed by atoms with Crippen LogP contribution in [-0.4, -0.2) is 33.4 Å². The fourth-order valence-electron chi connectivity index (χ4n) is 4.03. The van der Waals surface area contributed by atoms with Gasteiger partial charge in [0.1, 0.15) is 0 Å². The number of nitrogens with one attached hydrogen (secondary N) is 1. The fourth-order valence-corrected chi connectivity index (χ4v) is 4.03. The molecule has 0 aliphatic carbocycles. The Morgan fingerprint density at radius 2 is 2.03 bits per heavy atom. The molecule has 3 heterocycles. The molecular formula is C23H24F2N4O. The number of aromatic nitrogens is 2. The summed E-state index contributed by atoms with van der Waals surface area (Å²) < 4.78 is 27.2. The number of likely N-dealkylation sites (tertiary alicyclic amines) is 1. The maximum Gasteiger partial charge on any atom is 0.257 e. The van der Waals surface area contributed by atoms with E-state index in [2.05, 4.69) is 22.2 Å². The summed E-state index contributed by atoms with van der Waals surface area (Å²) in [6, 6.07) is 7.45. The van der Waals surface area contributed by atoms with Gasteiger partial charge in [-0.05, 0) is 56.9 Å². The second kappa shape index (κ2) is 8.34. The van der Waals surface area contributed by atoms with Crippen LogP contribution in [0.25, 0.3) is 11.0 Å². The fraction of sp³-hybridized carbons (Fsp3) is 0.348. The summed E-state index contributed by atoms with van der Waals surface area (Å²) in [7, 11) is 0. The molecule has 1 amide bonds. The molecule has 1 saturated heterocycles. The molecular weight excluding hydrogens is 386 g/mol. The lowest BCUT2D eigenvalue weighted by molar-refractivity contribution is 0.0609. The van der Waals surface area contributed by atoms with Crippen LogP contribution in [0.4, 0.5) is 20.2 Å². The zero-order valence-electron chi connectivity index (χ0n) is 17.1. The lowest BCUT2D eigenvalue weighted by atomic mass is 9.98. The van der Waals surface area contributed by atoms with Gasteiger partial charge in [0.15, 0.2) is 17.3 Å². The minimum absolute atomic E-state index is 0.110. The van der Waals surface area contributed by atoms with Crippen LogP contribution in [0.2, 0.25) is 0 Å². The van der Waals surface area contributed by atoms with Gasteiger partial charge < -0.3 is 10.2 Å². The van der Waals surface area contributed by atoms with Gasteiger partial charge in [-0.3, -0.25) is 4.79 Å². The standard InChI is InChI=1S/C23H24F2N4O/c1-3-16-6-4-5-11-29(16)23(30)18-13-26-22-17(9-7-14(2)27-22)21(18)28-15-8-10-19(24)20(25)12-15/h7-10,12-13,16H,3-6,11H2,1-2H3,(H,26,27,28)/t16-/m1/s1. The zero-order chi connectivity index (χ0) is 21.3. The third kappa shape index (κ3) is 3.84. The summed E-state index contributed by atoms with van der Waals surface area (Å²) in [5, 5.41) is 3.78. The highest BCUT2D eigenvalue weighted by Gasteiger charge is 2.29. The number of benzene rings is 1. The predicted octanol–water partition coefficient (Wildman–Crippen LogP) is 5.36. The Labute approximate surface area is 174 Å². The van der Waals surface area contributed by atoms with Crippen molar-refractivity contribution < 1.29 is 13.6 Å². The summed E-state index contributed by atoms with van der Waals surface area (Å²) in [6.45, 7) is 4.65. The largest absolute Gasteiger partial charge is 0.354 e. The number of hydrogen-bond donors (Lipinski definition) is 1. The lowest BCUT2D eigenvalue weighted by Crippen LogP contribution is -2.43. The average molecular weight is 410 g/mol. The van der Waals surface area contributed by atoms with Crippen LogP contribution in [0.15, 0.2) is 36.5 Å². The lowest BCUT2D eigenvalue weighted by Gasteiger charge is -2.35. The Morgan fingerprint density at radius 1 is 1.20 bits per heavy atom. The Morgan fingerprint density at radius 3 is 2.80 bits per heavy atom. The molecule has 156 valence electrons. The molecule has 1 aliphatic heterocycles. The van der Waals surface area contributed by atoms with Crippen molar-refractivity contribution in [2.45, 2.75) is 45.6 Å². The number of nitrogens with zero attached hydrogens (tertiary/aromatic N) is 3. The Bertz CT molecular complexity index is 1100. The van der Waals surface area contributed by atoms with Crippen LogP contribution in [0.1, 0.15) is 48.7 Å². The van der Waals surface area contributed by atoms with Crippen molar-refractivity contribution in [2.24, 2.45) is 0 Å². The first-order valence-electron chi connectivity index (χ1n) is 10.3. The molecule has 1 aromatic carbocycles. The summed E-state index contributed by atoms with van der Waals surface area (Å²) >= 11 is 0. The number of hydrogen-bond acceptors (Lipinski definition) is 4. The summed E-state index contributed by atoms with van der Waals surface area (Å²) in [5.41, 5.74) is 2.54. The Kier molecular flexibility index (Phi) is 5.61. The van der Waals surface area contributed by atoms with Crippen molar-refractivity contribution in [3.05, 3.63) is 59.4 Å². The van der Waals surface area contributed by atoms with E-state index < -0.39 is 11.6 Å². The normalized spacial score (nSPS) is 16.7. The Hall–Kier alpha value is -3.09. The second-order valence-corrected chi connectivity index (χ2v) is 7.68. The van der Waals surface area contributed by atoms with Crippen LogP contribution in [0, 0.1) is 18.6 Å². The van der Waals surface area contributed by atoms with Crippen molar-refractivity contribution >= 4 is 28.3 Å². The Balaban J connectivity index is 1.82. The van der Waals surface area contributed by atoms with Crippen LogP contribution in [0.3, 0.4) is 0 Å². The highest BCUT2D eigenvalue weighted by molar-refractivity contribution is 6.07. The van der Waals surface area contributed by atoms with Gasteiger partial charge in [-0.1, -0.05) is 6.92 Å². The maximum atomic E-state index is 13.8. The monoisotopic (exact) mass is 410 g/mol. The van der Waals surface area contributed by atoms with Crippen molar-refractivity contribution in [3.63, 3.8) is 0 Å². The predicted molar refractivity (Wildman–Crippen MR) is 113 cm³/mol. The maximum absolute atomic E-state index is 13.8. The third-order valence-electron chi connectivity index (χ3n) is 5.65. The summed E-state index contributed by atoms with van der Waals surface area (Å²) in [6.07, 6.45) is 5.48. The molecule has 0 unspecified atom stereocenters. The minimum atomic E-state index is -0.956. The van der Waals surface area contributed by atoms with Gasteiger partial charge in [0, 0.05) is 41.6 Å². The molecule has 0 saturated carbocycles. The minimum Gasteiger partial charge on any atom is -0.354 e. The number of piperidine rings is 1. The van der Waals surface area contributed by atoms with E-state index in [1.807, 2.05) is 24.0 Å². The van der Waals surface area contributed by atoms with Crippen molar-refractivity contribution in [1.29, 1.82) is 0 Å². The topological polar surface area (TPSA) is 58.1 Å². The van der Waals surface area contributed by atoms with E-state index >= 15 is 0 Å². The van der Waals surface area contributed by atoms with Crippen LogP contribution in [0.5, 0.6) is 0 Å². The highest BCUT2D eigenvalue weighted by atomic mass is 19.2. The van der Waals surface area contributed by atoms with Gasteiger partial charge in [-0.2, -0.15) is 0 Å². The zero-order valence-corrected chi connectivity index (χ0v) is 17.1. The van der Waals surface area contributed by atoms with E-state index in [0.717, 1.165) is 43.5 Å². The van der Waals surface area contributed by atoms with Gasteiger partial charge in [-0.15, -0.1) is 0 Å². The number of halogens is 2. The molecule has 3 aromatic rings. The number of anilines is 2. The molecule has 1 fully saturated rings. The molecule has 30 heavy (non-hydrogen) atoms. The number of rotatable bonds is 4. The van der Waals surface area contributed by atoms with Crippen molar-refractivity contribution in [2.75, 3.05) is 11.9 Å². The van der Waals surface area contributed by atoms with E-state index in [9.17, 15) is 13.6 Å². The van der Waals surface area contributed by atoms with Gasteiger partial charge in [0.25, 0.3) is 5.91 Å². The smallest absolute Gasteiger partial charge is 0.257 e. The van der Waals surface area contributed by atoms with Crippen molar-refractivity contribution in [1.82, 2.24) is 14.9 Å². The first kappa shape index (κ1) is 20.2. The van der Waals surface area contributed by atoms with Crippen molar-refractivity contribution in [3.8, 4) is 0 Å². The van der Waals surface area contributed by atoms with E-state index in [1.54, 1.807) is 0 Å². The highest BCUT2D eigenvalue weighted by Crippen LogP contribution is 2.32. The number of pyridine rings is 2. The first-order valence-corrected chi connectivity index (χ1v) is 10.3. The van der Waals surface area contributed by atoms with Crippen LogP contribution >= 0.6 is 0 Å².